The summed E-state index contributed by atoms with van der Waals surface area (Å²) >= 11 is 0. The van der Waals surface area contributed by atoms with Gasteiger partial charge in [-0.15, -0.1) is 0 Å². The summed E-state index contributed by atoms with van der Waals surface area (Å²) in [4.78, 5) is 20.6. The second-order valence-electron chi connectivity index (χ2n) is 12.7. The van der Waals surface area contributed by atoms with Crippen molar-refractivity contribution in [2.45, 2.75) is 0 Å². The van der Waals surface area contributed by atoms with Crippen molar-refractivity contribution in [2.24, 2.45) is 0 Å². The number of benzene rings is 6. The van der Waals surface area contributed by atoms with Crippen LogP contribution in [0.5, 0.6) is 0 Å². The van der Waals surface area contributed by atoms with Crippen LogP contribution >= 0.6 is 0 Å². The van der Waals surface area contributed by atoms with Crippen LogP contribution in [-0.4, -0.2) is 29.1 Å². The van der Waals surface area contributed by atoms with Crippen molar-refractivity contribution < 1.29 is 4.42 Å². The van der Waals surface area contributed by atoms with Gasteiger partial charge in [-0.25, -0.2) is 9.97 Å². The van der Waals surface area contributed by atoms with Gasteiger partial charge < -0.3 is 4.42 Å². The summed E-state index contributed by atoms with van der Waals surface area (Å²) in [6, 6.07) is 51.9. The molecule has 0 saturated heterocycles. The number of para-hydroxylation sites is 5. The lowest BCUT2D eigenvalue weighted by Gasteiger charge is -2.15. The van der Waals surface area contributed by atoms with Crippen LogP contribution in [0.1, 0.15) is 0 Å². The first-order chi connectivity index (χ1) is 25.3. The van der Waals surface area contributed by atoms with Gasteiger partial charge in [0.15, 0.2) is 11.6 Å². The molecule has 11 aromatic rings. The third kappa shape index (κ3) is 4.12. The Morgan fingerprint density at radius 2 is 1.02 bits per heavy atom. The fraction of sp³-hybridized carbons (Fsp3) is 0. The molecular weight excluding hydrogens is 629 g/mol. The van der Waals surface area contributed by atoms with Crippen molar-refractivity contribution >= 4 is 65.7 Å². The first-order valence-electron chi connectivity index (χ1n) is 16.9. The Kier molecular flexibility index (Phi) is 5.83. The number of aromatic nitrogens is 6. The first-order valence-corrected chi connectivity index (χ1v) is 16.9. The molecule has 0 fully saturated rings. The summed E-state index contributed by atoms with van der Waals surface area (Å²) in [5, 5.41) is 6.57. The minimum atomic E-state index is 0.541. The normalized spacial score (nSPS) is 11.9. The first kappa shape index (κ1) is 27.8. The third-order valence-electron chi connectivity index (χ3n) is 9.86. The van der Waals surface area contributed by atoms with Crippen LogP contribution in [-0.2, 0) is 0 Å². The summed E-state index contributed by atoms with van der Waals surface area (Å²) in [6.45, 7) is 0. The number of rotatable bonds is 4. The molecule has 0 saturated carbocycles. The molecule has 238 valence electrons. The van der Waals surface area contributed by atoms with E-state index in [9.17, 15) is 0 Å². The molecule has 0 radical (unpaired) electrons. The summed E-state index contributed by atoms with van der Waals surface area (Å²) < 4.78 is 10.5. The SMILES string of the molecule is c1ccc(-n2c3ccccc3c3cccnc32)c(-c2nc(-c3ccc4oc5ccccc5c4c3)nc(-n3c4ccccc4c4ccccc43)n2)c1. The van der Waals surface area contributed by atoms with Crippen LogP contribution in [0, 0.1) is 0 Å². The molecule has 5 aromatic heterocycles. The van der Waals surface area contributed by atoms with E-state index in [0.29, 0.717) is 17.6 Å². The third-order valence-corrected chi connectivity index (χ3v) is 9.86. The maximum atomic E-state index is 6.18. The van der Waals surface area contributed by atoms with Gasteiger partial charge in [-0.1, -0.05) is 84.9 Å². The monoisotopic (exact) mass is 654 g/mol. The second-order valence-corrected chi connectivity index (χ2v) is 12.7. The van der Waals surface area contributed by atoms with E-state index in [1.807, 2.05) is 48.7 Å². The highest BCUT2D eigenvalue weighted by Gasteiger charge is 2.21. The minimum Gasteiger partial charge on any atom is -0.456 e. The van der Waals surface area contributed by atoms with Crippen molar-refractivity contribution in [3.8, 4) is 34.4 Å². The largest absolute Gasteiger partial charge is 0.456 e. The van der Waals surface area contributed by atoms with Crippen molar-refractivity contribution in [2.75, 3.05) is 0 Å². The molecule has 0 N–H and O–H groups in total. The van der Waals surface area contributed by atoms with Crippen molar-refractivity contribution in [3.05, 3.63) is 158 Å². The number of fused-ring (bicyclic) bond motifs is 9. The number of nitrogens with zero attached hydrogens (tertiary/aromatic N) is 6. The Morgan fingerprint density at radius 3 is 1.80 bits per heavy atom. The molecule has 0 aliphatic carbocycles. The summed E-state index contributed by atoms with van der Waals surface area (Å²) in [5.74, 6) is 1.67. The van der Waals surface area contributed by atoms with Gasteiger partial charge in [-0.2, -0.15) is 9.97 Å². The number of hydrogen-bond acceptors (Lipinski definition) is 5. The molecule has 7 heteroatoms. The van der Waals surface area contributed by atoms with Gasteiger partial charge in [-0.3, -0.25) is 9.13 Å². The van der Waals surface area contributed by atoms with Gasteiger partial charge >= 0.3 is 0 Å². The van der Waals surface area contributed by atoms with Crippen molar-refractivity contribution in [3.63, 3.8) is 0 Å². The van der Waals surface area contributed by atoms with Gasteiger partial charge in [0, 0.05) is 49.6 Å². The van der Waals surface area contributed by atoms with Gasteiger partial charge in [0.25, 0.3) is 0 Å². The number of hydrogen-bond donors (Lipinski definition) is 0. The Morgan fingerprint density at radius 1 is 0.431 bits per heavy atom. The van der Waals surface area contributed by atoms with E-state index >= 15 is 0 Å². The van der Waals surface area contributed by atoms with Crippen LogP contribution in [0.4, 0.5) is 0 Å². The summed E-state index contributed by atoms with van der Waals surface area (Å²) in [5.41, 5.74) is 8.33. The molecular formula is C44H26N6O. The lowest BCUT2D eigenvalue weighted by molar-refractivity contribution is 0.669. The van der Waals surface area contributed by atoms with E-state index in [1.54, 1.807) is 0 Å². The van der Waals surface area contributed by atoms with Crippen LogP contribution < -0.4 is 0 Å². The zero-order chi connectivity index (χ0) is 33.5. The quantitative estimate of drug-likeness (QED) is 0.189. The topological polar surface area (TPSA) is 74.6 Å². The smallest absolute Gasteiger partial charge is 0.238 e. The predicted octanol–water partition coefficient (Wildman–Crippen LogP) is 10.7. The van der Waals surface area contributed by atoms with Crippen molar-refractivity contribution in [1.82, 2.24) is 29.1 Å². The fourth-order valence-electron chi connectivity index (χ4n) is 7.61. The molecule has 0 atom stereocenters. The molecule has 0 unspecified atom stereocenters. The lowest BCUT2D eigenvalue weighted by atomic mass is 10.1. The Balaban J connectivity index is 1.22. The molecule has 51 heavy (non-hydrogen) atoms. The maximum absolute atomic E-state index is 6.18. The highest BCUT2D eigenvalue weighted by Crippen LogP contribution is 2.37. The molecule has 0 aliphatic heterocycles. The molecule has 5 heterocycles. The maximum Gasteiger partial charge on any atom is 0.238 e. The molecule has 6 aromatic carbocycles. The van der Waals surface area contributed by atoms with E-state index in [4.69, 9.17) is 24.4 Å². The van der Waals surface area contributed by atoms with Crippen LogP contribution in [0.25, 0.3) is 100 Å². The van der Waals surface area contributed by atoms with E-state index in [2.05, 4.69) is 118 Å². The number of furan rings is 1. The van der Waals surface area contributed by atoms with Gasteiger partial charge in [-0.05, 0) is 66.7 Å². The highest BCUT2D eigenvalue weighted by atomic mass is 16.3. The van der Waals surface area contributed by atoms with Crippen LogP contribution in [0.2, 0.25) is 0 Å². The Bertz CT molecular complexity index is 3060. The molecule has 0 bridgehead atoms. The van der Waals surface area contributed by atoms with E-state index < -0.39 is 0 Å². The molecule has 0 amide bonds. The zero-order valence-corrected chi connectivity index (χ0v) is 27.1. The van der Waals surface area contributed by atoms with Gasteiger partial charge in [0.2, 0.25) is 5.95 Å². The fourth-order valence-corrected chi connectivity index (χ4v) is 7.61. The zero-order valence-electron chi connectivity index (χ0n) is 27.1. The molecule has 7 nitrogen and oxygen atoms in total. The molecule has 0 aliphatic rings. The van der Waals surface area contributed by atoms with Crippen LogP contribution in [0.15, 0.2) is 162 Å². The second kappa shape index (κ2) is 10.7. The molecule has 0 spiro atoms. The van der Waals surface area contributed by atoms with Gasteiger partial charge in [0.1, 0.15) is 16.8 Å². The molecule has 11 rings (SSSR count). The van der Waals surface area contributed by atoms with Crippen molar-refractivity contribution in [1.29, 1.82) is 0 Å². The Labute approximate surface area is 290 Å². The predicted molar refractivity (Wildman–Crippen MR) is 204 cm³/mol. The van der Waals surface area contributed by atoms with E-state index in [0.717, 1.165) is 82.5 Å². The van der Waals surface area contributed by atoms with E-state index in [-0.39, 0.29) is 0 Å². The summed E-state index contributed by atoms with van der Waals surface area (Å²) in [6.07, 6.45) is 1.84. The highest BCUT2D eigenvalue weighted by molar-refractivity contribution is 6.10. The standard InChI is InChI=1S/C44H26N6O/c1-7-19-36-28(12-1)29-13-2-8-20-37(29)50(36)44-47-41(27-23-24-40-34(26-27)31-15-5-10-22-39(31)51-40)46-42(48-44)33-16-4-9-21-38(33)49-35-18-6-3-14-30(35)32-17-11-25-45-43(32)49/h1-26H. The minimum absolute atomic E-state index is 0.541. The average molecular weight is 655 g/mol. The van der Waals surface area contributed by atoms with Crippen LogP contribution in [0.3, 0.4) is 0 Å². The lowest BCUT2D eigenvalue weighted by Crippen LogP contribution is -2.08. The van der Waals surface area contributed by atoms with Gasteiger partial charge in [0.05, 0.1) is 22.2 Å². The Hall–Kier alpha value is -7.12. The number of pyridine rings is 1. The average Bonchev–Trinajstić information content (AvgIpc) is 3.85. The summed E-state index contributed by atoms with van der Waals surface area (Å²) in [7, 11) is 0. The van der Waals surface area contributed by atoms with E-state index in [1.165, 1.54) is 0 Å².